The van der Waals surface area contributed by atoms with Crippen LogP contribution in [0.1, 0.15) is 22.3 Å². The van der Waals surface area contributed by atoms with E-state index >= 15 is 0 Å². The van der Waals surface area contributed by atoms with Crippen LogP contribution in [0.5, 0.6) is 0 Å². The van der Waals surface area contributed by atoms with Gasteiger partial charge in [-0.05, 0) is 68.7 Å². The third-order valence-electron chi connectivity index (χ3n) is 6.10. The highest BCUT2D eigenvalue weighted by atomic mass is 14.1. The summed E-state index contributed by atoms with van der Waals surface area (Å²) >= 11 is 0. The van der Waals surface area contributed by atoms with Crippen molar-refractivity contribution in [2.45, 2.75) is 0 Å². The first-order valence-corrected chi connectivity index (χ1v) is 11.4. The molecule has 0 nitrogen and oxygen atoms in total. The van der Waals surface area contributed by atoms with E-state index < -0.39 is 0 Å². The Hall–Kier alpha value is -4.78. The van der Waals surface area contributed by atoms with E-state index in [9.17, 15) is 0 Å². The zero-order chi connectivity index (χ0) is 22.7. The first-order valence-electron chi connectivity index (χ1n) is 11.4. The maximum atomic E-state index is 3.51. The Kier molecular flexibility index (Phi) is 5.04. The fraction of sp³-hybridized carbons (Fsp3) is 0. The molecule has 0 aliphatic rings. The molecule has 156 valence electrons. The van der Waals surface area contributed by atoms with Crippen molar-refractivity contribution in [3.63, 3.8) is 0 Å². The van der Waals surface area contributed by atoms with Crippen molar-refractivity contribution in [3.8, 4) is 23.7 Å². The molecule has 0 fully saturated rings. The van der Waals surface area contributed by atoms with E-state index in [-0.39, 0.29) is 0 Å². The number of hydrogen-bond donors (Lipinski definition) is 0. The number of hydrogen-bond acceptors (Lipinski definition) is 0. The second-order valence-corrected chi connectivity index (χ2v) is 8.27. The molecule has 0 heterocycles. The lowest BCUT2D eigenvalue weighted by molar-refractivity contribution is 1.64. The Morgan fingerprint density at radius 2 is 0.706 bits per heavy atom. The highest BCUT2D eigenvalue weighted by Crippen LogP contribution is 2.34. The zero-order valence-electron chi connectivity index (χ0n) is 18.5. The molecule has 0 spiro atoms. The highest BCUT2D eigenvalue weighted by molar-refractivity contribution is 6.13. The minimum atomic E-state index is 1.01. The summed E-state index contributed by atoms with van der Waals surface area (Å²) in [6.45, 7) is 0. The van der Waals surface area contributed by atoms with Crippen LogP contribution in [0.2, 0.25) is 0 Å². The summed E-state index contributed by atoms with van der Waals surface area (Å²) in [6.07, 6.45) is 0. The molecule has 0 amide bonds. The number of benzene rings is 6. The highest BCUT2D eigenvalue weighted by Gasteiger charge is 2.12. The van der Waals surface area contributed by atoms with Gasteiger partial charge in [-0.2, -0.15) is 0 Å². The molecule has 0 aliphatic heterocycles. The summed E-state index contributed by atoms with van der Waals surface area (Å²) < 4.78 is 0. The molecular formula is C34H20. The van der Waals surface area contributed by atoms with Gasteiger partial charge in [0, 0.05) is 22.3 Å². The molecule has 6 aromatic rings. The third-order valence-corrected chi connectivity index (χ3v) is 6.10. The van der Waals surface area contributed by atoms with Gasteiger partial charge in [-0.1, -0.05) is 109 Å². The van der Waals surface area contributed by atoms with Crippen LogP contribution in [-0.4, -0.2) is 0 Å². The summed E-state index contributed by atoms with van der Waals surface area (Å²) in [4.78, 5) is 0. The molecule has 0 saturated heterocycles. The zero-order valence-corrected chi connectivity index (χ0v) is 18.5. The Bertz CT molecular complexity index is 1650. The molecule has 0 radical (unpaired) electrons. The minimum Gasteiger partial charge on any atom is -0.0622 e. The molecule has 0 heteroatoms. The van der Waals surface area contributed by atoms with Gasteiger partial charge in [0.15, 0.2) is 0 Å². The van der Waals surface area contributed by atoms with Gasteiger partial charge in [-0.3, -0.25) is 0 Å². The maximum absolute atomic E-state index is 3.51. The Morgan fingerprint density at radius 3 is 1.15 bits per heavy atom. The van der Waals surface area contributed by atoms with Crippen molar-refractivity contribution >= 4 is 32.3 Å². The van der Waals surface area contributed by atoms with Crippen LogP contribution in [0.4, 0.5) is 0 Å². The van der Waals surface area contributed by atoms with Crippen molar-refractivity contribution in [2.24, 2.45) is 0 Å². The van der Waals surface area contributed by atoms with E-state index in [2.05, 4.69) is 84.3 Å². The molecule has 0 atom stereocenters. The monoisotopic (exact) mass is 428 g/mol. The standard InChI is InChI=1S/C34H20/c1-3-11-25(12-4-1)19-21-31-29-17-9-7-15-27(29)24-34-32(22-20-26-13-5-2-6-14-26)30-18-10-8-16-28(30)23-33(31)34/h1-18,23-24H. The summed E-state index contributed by atoms with van der Waals surface area (Å²) in [5.41, 5.74) is 4.11. The van der Waals surface area contributed by atoms with Crippen molar-refractivity contribution < 1.29 is 0 Å². The van der Waals surface area contributed by atoms with Gasteiger partial charge >= 0.3 is 0 Å². The molecule has 6 aromatic carbocycles. The van der Waals surface area contributed by atoms with Gasteiger partial charge < -0.3 is 0 Å². The molecule has 0 N–H and O–H groups in total. The smallest absolute Gasteiger partial charge is 0.0406 e. The normalized spacial score (nSPS) is 10.5. The van der Waals surface area contributed by atoms with Crippen LogP contribution in [-0.2, 0) is 0 Å². The summed E-state index contributed by atoms with van der Waals surface area (Å²) in [5, 5.41) is 6.94. The number of fused-ring (bicyclic) bond motifs is 3. The SMILES string of the molecule is C(#Cc1c2ccccc2cc2c(C#Cc3ccccc3)c3ccccc3cc12)c1ccccc1. The van der Waals surface area contributed by atoms with E-state index in [1.165, 1.54) is 10.8 Å². The Morgan fingerprint density at radius 1 is 0.324 bits per heavy atom. The summed E-state index contributed by atoms with van der Waals surface area (Å²) in [7, 11) is 0. The van der Waals surface area contributed by atoms with Crippen LogP contribution in [0.25, 0.3) is 32.3 Å². The quantitative estimate of drug-likeness (QED) is 0.170. The van der Waals surface area contributed by atoms with Crippen molar-refractivity contribution in [3.05, 3.63) is 144 Å². The molecule has 0 unspecified atom stereocenters. The molecule has 0 aromatic heterocycles. The summed E-state index contributed by atoms with van der Waals surface area (Å²) in [6, 6.07) is 41.8. The first kappa shape index (κ1) is 19.9. The van der Waals surface area contributed by atoms with E-state index in [1.54, 1.807) is 0 Å². The van der Waals surface area contributed by atoms with E-state index in [4.69, 9.17) is 0 Å². The van der Waals surface area contributed by atoms with Gasteiger partial charge in [-0.25, -0.2) is 0 Å². The predicted octanol–water partition coefficient (Wildman–Crippen LogP) is 7.95. The van der Waals surface area contributed by atoms with Gasteiger partial charge in [0.25, 0.3) is 0 Å². The minimum absolute atomic E-state index is 1.01. The van der Waals surface area contributed by atoms with Crippen molar-refractivity contribution in [2.75, 3.05) is 0 Å². The van der Waals surface area contributed by atoms with E-state index in [1.807, 2.05) is 60.7 Å². The van der Waals surface area contributed by atoms with Crippen molar-refractivity contribution in [1.82, 2.24) is 0 Å². The predicted molar refractivity (Wildman–Crippen MR) is 144 cm³/mol. The maximum Gasteiger partial charge on any atom is 0.0406 e. The second kappa shape index (κ2) is 8.63. The lowest BCUT2D eigenvalue weighted by Gasteiger charge is -2.12. The average molecular weight is 429 g/mol. The van der Waals surface area contributed by atoms with Crippen LogP contribution in [0.3, 0.4) is 0 Å². The van der Waals surface area contributed by atoms with Crippen LogP contribution in [0.15, 0.2) is 121 Å². The molecule has 0 bridgehead atoms. The van der Waals surface area contributed by atoms with E-state index in [0.29, 0.717) is 0 Å². The topological polar surface area (TPSA) is 0 Å². The first-order chi connectivity index (χ1) is 16.9. The Labute approximate surface area is 199 Å². The average Bonchev–Trinajstić information content (AvgIpc) is 2.90. The van der Waals surface area contributed by atoms with Crippen LogP contribution < -0.4 is 0 Å². The molecule has 0 saturated carbocycles. The Balaban J connectivity index is 1.71. The van der Waals surface area contributed by atoms with E-state index in [0.717, 1.165) is 43.8 Å². The van der Waals surface area contributed by atoms with Crippen LogP contribution in [0, 0.1) is 23.7 Å². The summed E-state index contributed by atoms with van der Waals surface area (Å²) in [5.74, 6) is 13.8. The molecule has 34 heavy (non-hydrogen) atoms. The van der Waals surface area contributed by atoms with Gasteiger partial charge in [0.05, 0.1) is 0 Å². The molecule has 0 aliphatic carbocycles. The second-order valence-electron chi connectivity index (χ2n) is 8.27. The third kappa shape index (κ3) is 3.69. The van der Waals surface area contributed by atoms with Crippen LogP contribution >= 0.6 is 0 Å². The largest absolute Gasteiger partial charge is 0.0622 e. The fourth-order valence-electron chi connectivity index (χ4n) is 4.45. The van der Waals surface area contributed by atoms with Gasteiger partial charge in [0.2, 0.25) is 0 Å². The van der Waals surface area contributed by atoms with Gasteiger partial charge in [-0.15, -0.1) is 0 Å². The van der Waals surface area contributed by atoms with Crippen molar-refractivity contribution in [1.29, 1.82) is 0 Å². The lowest BCUT2D eigenvalue weighted by atomic mass is 9.90. The van der Waals surface area contributed by atoms with Gasteiger partial charge in [0.1, 0.15) is 0 Å². The molecule has 6 rings (SSSR count). The molecular weight excluding hydrogens is 408 g/mol. The lowest BCUT2D eigenvalue weighted by Crippen LogP contribution is -1.90. The fourth-order valence-corrected chi connectivity index (χ4v) is 4.45. The number of rotatable bonds is 0.